The lowest BCUT2D eigenvalue weighted by molar-refractivity contribution is 0.0662. The first-order valence-electron chi connectivity index (χ1n) is 7.85. The van der Waals surface area contributed by atoms with E-state index >= 15 is 0 Å². The van der Waals surface area contributed by atoms with Crippen LogP contribution in [0.2, 0.25) is 0 Å². The number of rotatable bonds is 4. The minimum atomic E-state index is -0.0638. The molecule has 1 fully saturated rings. The third-order valence-corrected chi connectivity index (χ3v) is 3.97. The van der Waals surface area contributed by atoms with Gasteiger partial charge in [-0.1, -0.05) is 12.1 Å². The fraction of sp³-hybridized carbons (Fsp3) is 0.562. The van der Waals surface area contributed by atoms with E-state index in [9.17, 15) is 4.79 Å². The molecule has 1 amide bonds. The van der Waals surface area contributed by atoms with Gasteiger partial charge in [-0.3, -0.25) is 4.79 Å². The second kappa shape index (κ2) is 6.34. The summed E-state index contributed by atoms with van der Waals surface area (Å²) in [6.07, 6.45) is 3.72. The first-order valence-corrected chi connectivity index (χ1v) is 7.85. The highest BCUT2D eigenvalue weighted by atomic mass is 16.5. The molecule has 0 spiro atoms. The van der Waals surface area contributed by atoms with E-state index in [1.54, 1.807) is 6.07 Å². The Labute approximate surface area is 129 Å². The third kappa shape index (κ3) is 3.05. The number of aromatic nitrogens is 2. The smallest absolute Gasteiger partial charge is 0.289 e. The minimum absolute atomic E-state index is 0.0638. The predicted octanol–water partition coefficient (Wildman–Crippen LogP) is 2.94. The normalized spacial score (nSPS) is 18.6. The summed E-state index contributed by atoms with van der Waals surface area (Å²) < 4.78 is 10.8. The summed E-state index contributed by atoms with van der Waals surface area (Å²) in [5.41, 5.74) is 0. The van der Waals surface area contributed by atoms with Gasteiger partial charge in [-0.2, -0.15) is 4.98 Å². The fourth-order valence-electron chi connectivity index (χ4n) is 2.83. The Bertz CT molecular complexity index is 647. The highest BCUT2D eigenvalue weighted by Crippen LogP contribution is 2.27. The van der Waals surface area contributed by atoms with Gasteiger partial charge in [0.05, 0.1) is 5.92 Å². The zero-order valence-electron chi connectivity index (χ0n) is 13.0. The Hall–Kier alpha value is -2.11. The molecule has 0 unspecified atom stereocenters. The van der Waals surface area contributed by atoms with Gasteiger partial charge in [0.1, 0.15) is 5.76 Å². The Balaban J connectivity index is 1.69. The van der Waals surface area contributed by atoms with E-state index in [4.69, 9.17) is 8.94 Å². The van der Waals surface area contributed by atoms with Gasteiger partial charge in [-0.05, 0) is 38.3 Å². The van der Waals surface area contributed by atoms with E-state index in [0.29, 0.717) is 18.2 Å². The average molecular weight is 303 g/mol. The molecule has 0 saturated carbocycles. The molecule has 0 bridgehead atoms. The summed E-state index contributed by atoms with van der Waals surface area (Å²) in [5.74, 6) is 2.60. The van der Waals surface area contributed by atoms with Gasteiger partial charge in [-0.15, -0.1) is 0 Å². The lowest BCUT2D eigenvalue weighted by Gasteiger charge is -2.30. The summed E-state index contributed by atoms with van der Waals surface area (Å²) in [7, 11) is 0. The van der Waals surface area contributed by atoms with Crippen LogP contribution < -0.4 is 0 Å². The van der Waals surface area contributed by atoms with Gasteiger partial charge in [-0.25, -0.2) is 0 Å². The van der Waals surface area contributed by atoms with Crippen molar-refractivity contribution in [2.75, 3.05) is 13.1 Å². The SMILES string of the molecule is CCCc1noc([C@@H]2CCCN(C(=O)c3ccc(C)o3)C2)n1. The lowest BCUT2D eigenvalue weighted by atomic mass is 9.98. The van der Waals surface area contributed by atoms with E-state index in [1.165, 1.54) is 0 Å². The number of aryl methyl sites for hydroxylation is 2. The van der Waals surface area contributed by atoms with Crippen molar-refractivity contribution in [2.45, 2.75) is 45.4 Å². The summed E-state index contributed by atoms with van der Waals surface area (Å²) in [4.78, 5) is 18.7. The molecule has 0 aromatic carbocycles. The lowest BCUT2D eigenvalue weighted by Crippen LogP contribution is -2.39. The zero-order chi connectivity index (χ0) is 15.5. The Morgan fingerprint density at radius 2 is 2.32 bits per heavy atom. The fourth-order valence-corrected chi connectivity index (χ4v) is 2.83. The molecule has 1 aliphatic heterocycles. The Morgan fingerprint density at radius 1 is 1.45 bits per heavy atom. The standard InChI is InChI=1S/C16H21N3O3/c1-3-5-14-17-15(22-18-14)12-6-4-9-19(10-12)16(20)13-8-7-11(2)21-13/h7-8,12H,3-6,9-10H2,1-2H3/t12-/m1/s1. The zero-order valence-corrected chi connectivity index (χ0v) is 13.0. The van der Waals surface area contributed by atoms with Gasteiger partial charge in [0, 0.05) is 19.5 Å². The number of furan rings is 1. The van der Waals surface area contributed by atoms with Gasteiger partial charge >= 0.3 is 0 Å². The van der Waals surface area contributed by atoms with Crippen molar-refractivity contribution in [3.63, 3.8) is 0 Å². The number of nitrogens with zero attached hydrogens (tertiary/aromatic N) is 3. The van der Waals surface area contributed by atoms with Crippen molar-refractivity contribution >= 4 is 5.91 Å². The maximum absolute atomic E-state index is 12.5. The molecule has 1 atom stereocenters. The number of hydrogen-bond acceptors (Lipinski definition) is 5. The topological polar surface area (TPSA) is 72.4 Å². The van der Waals surface area contributed by atoms with Crippen LogP contribution >= 0.6 is 0 Å². The van der Waals surface area contributed by atoms with Crippen molar-refractivity contribution < 1.29 is 13.7 Å². The van der Waals surface area contributed by atoms with E-state index in [1.807, 2.05) is 17.9 Å². The summed E-state index contributed by atoms with van der Waals surface area (Å²) >= 11 is 0. The number of carbonyl (C=O) groups is 1. The number of hydrogen-bond donors (Lipinski definition) is 0. The molecule has 6 heteroatoms. The van der Waals surface area contributed by atoms with Crippen LogP contribution in [-0.4, -0.2) is 34.0 Å². The van der Waals surface area contributed by atoms with E-state index in [-0.39, 0.29) is 11.8 Å². The van der Waals surface area contributed by atoms with Crippen LogP contribution in [0, 0.1) is 6.92 Å². The molecule has 2 aromatic heterocycles. The summed E-state index contributed by atoms with van der Waals surface area (Å²) in [6, 6.07) is 3.54. The van der Waals surface area contributed by atoms with Crippen molar-refractivity contribution in [3.05, 3.63) is 35.4 Å². The maximum atomic E-state index is 12.5. The van der Waals surface area contributed by atoms with Gasteiger partial charge in [0.25, 0.3) is 5.91 Å². The molecule has 0 N–H and O–H groups in total. The van der Waals surface area contributed by atoms with Crippen molar-refractivity contribution in [3.8, 4) is 0 Å². The molecule has 3 heterocycles. The molecule has 0 radical (unpaired) electrons. The van der Waals surface area contributed by atoms with Crippen LogP contribution in [0.1, 0.15) is 60.1 Å². The highest BCUT2D eigenvalue weighted by molar-refractivity contribution is 5.91. The first-order chi connectivity index (χ1) is 10.7. The molecule has 3 rings (SSSR count). The quantitative estimate of drug-likeness (QED) is 0.868. The van der Waals surface area contributed by atoms with E-state index in [0.717, 1.165) is 43.8 Å². The predicted molar refractivity (Wildman–Crippen MR) is 79.6 cm³/mol. The first kappa shape index (κ1) is 14.8. The summed E-state index contributed by atoms with van der Waals surface area (Å²) in [6.45, 7) is 5.27. The van der Waals surface area contributed by atoms with Gasteiger partial charge in [0.15, 0.2) is 11.6 Å². The van der Waals surface area contributed by atoms with Gasteiger partial charge < -0.3 is 13.8 Å². The van der Waals surface area contributed by atoms with Crippen molar-refractivity contribution in [1.82, 2.24) is 15.0 Å². The molecule has 1 saturated heterocycles. The largest absolute Gasteiger partial charge is 0.456 e. The molecule has 6 nitrogen and oxygen atoms in total. The van der Waals surface area contributed by atoms with Crippen molar-refractivity contribution in [2.24, 2.45) is 0 Å². The second-order valence-electron chi connectivity index (χ2n) is 5.80. The van der Waals surface area contributed by atoms with Crippen LogP contribution in [0.3, 0.4) is 0 Å². The van der Waals surface area contributed by atoms with Crippen LogP contribution in [0.25, 0.3) is 0 Å². The van der Waals surface area contributed by atoms with E-state index < -0.39 is 0 Å². The Kier molecular flexibility index (Phi) is 4.27. The Morgan fingerprint density at radius 3 is 3.05 bits per heavy atom. The average Bonchev–Trinajstić information content (AvgIpc) is 3.16. The molecular weight excluding hydrogens is 282 g/mol. The molecular formula is C16H21N3O3. The number of carbonyl (C=O) groups excluding carboxylic acids is 1. The van der Waals surface area contributed by atoms with Crippen LogP contribution in [0.4, 0.5) is 0 Å². The highest BCUT2D eigenvalue weighted by Gasteiger charge is 2.30. The van der Waals surface area contributed by atoms with Crippen molar-refractivity contribution in [1.29, 1.82) is 0 Å². The number of likely N-dealkylation sites (tertiary alicyclic amines) is 1. The molecule has 2 aromatic rings. The number of amides is 1. The van der Waals surface area contributed by atoms with Gasteiger partial charge in [0.2, 0.25) is 5.89 Å². The molecule has 118 valence electrons. The third-order valence-electron chi connectivity index (χ3n) is 3.97. The molecule has 0 aliphatic carbocycles. The number of piperidine rings is 1. The van der Waals surface area contributed by atoms with Crippen LogP contribution in [-0.2, 0) is 6.42 Å². The van der Waals surface area contributed by atoms with Crippen LogP contribution in [0.5, 0.6) is 0 Å². The molecule has 1 aliphatic rings. The minimum Gasteiger partial charge on any atom is -0.456 e. The second-order valence-corrected chi connectivity index (χ2v) is 5.80. The molecule has 22 heavy (non-hydrogen) atoms. The van der Waals surface area contributed by atoms with Crippen LogP contribution in [0.15, 0.2) is 21.1 Å². The maximum Gasteiger partial charge on any atom is 0.289 e. The summed E-state index contributed by atoms with van der Waals surface area (Å²) in [5, 5.41) is 4.00. The monoisotopic (exact) mass is 303 g/mol. The van der Waals surface area contributed by atoms with E-state index in [2.05, 4.69) is 17.1 Å².